The number of hydrazone groups is 1. The van der Waals surface area contributed by atoms with Crippen LogP contribution in [0, 0.1) is 0 Å². The molecule has 2 N–H and O–H groups in total. The molecule has 2 aromatic rings. The fourth-order valence-electron chi connectivity index (χ4n) is 1.77. The third-order valence-electron chi connectivity index (χ3n) is 3.02. The molecule has 9 nitrogen and oxygen atoms in total. The maximum atomic E-state index is 11.9. The average Bonchev–Trinajstić information content (AvgIpc) is 2.67. The highest BCUT2D eigenvalue weighted by Gasteiger charge is 2.09. The lowest BCUT2D eigenvalue weighted by Gasteiger charge is -2.05. The third kappa shape index (κ3) is 5.52. The van der Waals surface area contributed by atoms with Gasteiger partial charge >= 0.3 is 0 Å². The number of benzene rings is 1. The van der Waals surface area contributed by atoms with Gasteiger partial charge in [-0.25, -0.2) is 5.43 Å². The van der Waals surface area contributed by atoms with Gasteiger partial charge in [-0.2, -0.15) is 15.1 Å². The molecule has 1 heterocycles. The van der Waals surface area contributed by atoms with Crippen molar-refractivity contribution >= 4 is 23.9 Å². The second kappa shape index (κ2) is 9.47. The van der Waals surface area contributed by atoms with Crippen LogP contribution < -0.4 is 19.6 Å². The predicted molar refractivity (Wildman–Crippen MR) is 96.3 cm³/mol. The van der Waals surface area contributed by atoms with Crippen molar-refractivity contribution in [2.75, 3.05) is 27.1 Å². The third-order valence-corrected chi connectivity index (χ3v) is 3.86. The number of phenolic OH excluding ortho intramolecular Hbond substituents is 1. The number of aromatic hydroxyl groups is 1. The van der Waals surface area contributed by atoms with Crippen LogP contribution in [-0.4, -0.2) is 54.3 Å². The van der Waals surface area contributed by atoms with Gasteiger partial charge in [0.25, 0.3) is 5.91 Å². The number of carbonyl (C=O) groups excluding carboxylic acids is 1. The van der Waals surface area contributed by atoms with Crippen LogP contribution in [-0.2, 0) is 4.79 Å². The molecule has 1 aromatic heterocycles. The molecular formula is C16H18N4O5S. The quantitative estimate of drug-likeness (QED) is 0.307. The first-order chi connectivity index (χ1) is 12.5. The van der Waals surface area contributed by atoms with E-state index in [1.165, 1.54) is 33.6 Å². The first kappa shape index (κ1) is 19.3. The predicted octanol–water partition coefficient (Wildman–Crippen LogP) is 1.45. The average molecular weight is 378 g/mol. The van der Waals surface area contributed by atoms with E-state index in [0.717, 1.165) is 11.8 Å². The Morgan fingerprint density at radius 2 is 1.88 bits per heavy atom. The topological polar surface area (TPSA) is 115 Å². The monoisotopic (exact) mass is 378 g/mol. The Bertz CT molecular complexity index is 778. The highest BCUT2D eigenvalue weighted by molar-refractivity contribution is 7.99. The second-order valence-electron chi connectivity index (χ2n) is 4.75. The van der Waals surface area contributed by atoms with Crippen molar-refractivity contribution < 1.29 is 24.1 Å². The number of hydrogen-bond donors (Lipinski definition) is 2. The lowest BCUT2D eigenvalue weighted by Crippen LogP contribution is -2.19. The summed E-state index contributed by atoms with van der Waals surface area (Å²) in [6.45, 7) is 0. The Morgan fingerprint density at radius 3 is 2.50 bits per heavy atom. The fraction of sp³-hybridized carbons (Fsp3) is 0.250. The Morgan fingerprint density at radius 1 is 1.19 bits per heavy atom. The van der Waals surface area contributed by atoms with E-state index < -0.39 is 0 Å². The SMILES string of the molecule is COc1cc(OC)nc(SCC(=O)N/N=C/c2ccc(O)c(OC)c2)n1. The standard InChI is InChI=1S/C16H18N4O5S/c1-23-12-6-10(4-5-11(12)21)8-17-20-13(22)9-26-16-18-14(24-2)7-15(19-16)25-3/h4-8,21H,9H2,1-3H3,(H,20,22)/b17-8+. The summed E-state index contributed by atoms with van der Waals surface area (Å²) < 4.78 is 15.1. The molecule has 1 aromatic carbocycles. The van der Waals surface area contributed by atoms with Gasteiger partial charge in [0.2, 0.25) is 11.8 Å². The highest BCUT2D eigenvalue weighted by atomic mass is 32.2. The molecule has 0 unspecified atom stereocenters. The molecule has 0 spiro atoms. The number of ether oxygens (including phenoxy) is 3. The summed E-state index contributed by atoms with van der Waals surface area (Å²) in [5.41, 5.74) is 3.06. The van der Waals surface area contributed by atoms with Crippen LogP contribution in [0.1, 0.15) is 5.56 Å². The maximum absolute atomic E-state index is 11.9. The molecule has 0 aliphatic carbocycles. The van der Waals surface area contributed by atoms with Crippen LogP contribution in [0.2, 0.25) is 0 Å². The molecule has 0 aliphatic heterocycles. The van der Waals surface area contributed by atoms with Gasteiger partial charge in [-0.1, -0.05) is 11.8 Å². The van der Waals surface area contributed by atoms with Gasteiger partial charge in [0.1, 0.15) is 0 Å². The lowest BCUT2D eigenvalue weighted by molar-refractivity contribution is -0.118. The van der Waals surface area contributed by atoms with E-state index in [2.05, 4.69) is 20.5 Å². The number of phenols is 1. The van der Waals surface area contributed by atoms with Crippen LogP contribution in [0.3, 0.4) is 0 Å². The van der Waals surface area contributed by atoms with Crippen LogP contribution in [0.5, 0.6) is 23.3 Å². The van der Waals surface area contributed by atoms with Crippen LogP contribution in [0.15, 0.2) is 34.5 Å². The van der Waals surface area contributed by atoms with Crippen molar-refractivity contribution in [1.29, 1.82) is 0 Å². The fourth-order valence-corrected chi connectivity index (χ4v) is 2.41. The van der Waals surface area contributed by atoms with E-state index in [-0.39, 0.29) is 17.4 Å². The summed E-state index contributed by atoms with van der Waals surface area (Å²) >= 11 is 1.12. The molecule has 0 radical (unpaired) electrons. The number of thioether (sulfide) groups is 1. The van der Waals surface area contributed by atoms with E-state index in [4.69, 9.17) is 14.2 Å². The molecule has 0 saturated carbocycles. The number of nitrogens with zero attached hydrogens (tertiary/aromatic N) is 3. The van der Waals surface area contributed by atoms with Crippen molar-refractivity contribution in [2.24, 2.45) is 5.10 Å². The van der Waals surface area contributed by atoms with E-state index in [9.17, 15) is 9.90 Å². The molecule has 0 saturated heterocycles. The Labute approximate surface area is 154 Å². The van der Waals surface area contributed by atoms with Gasteiger partial charge < -0.3 is 19.3 Å². The Kier molecular flexibility index (Phi) is 7.03. The van der Waals surface area contributed by atoms with Crippen molar-refractivity contribution in [2.45, 2.75) is 5.16 Å². The van der Waals surface area contributed by atoms with Crippen LogP contribution >= 0.6 is 11.8 Å². The van der Waals surface area contributed by atoms with Crippen molar-refractivity contribution in [3.8, 4) is 23.3 Å². The summed E-state index contributed by atoms with van der Waals surface area (Å²) in [4.78, 5) is 20.1. The Hall–Kier alpha value is -3.01. The number of hydrogen-bond acceptors (Lipinski definition) is 9. The minimum atomic E-state index is -0.331. The molecule has 10 heteroatoms. The van der Waals surface area contributed by atoms with Gasteiger partial charge in [-0.05, 0) is 23.8 Å². The van der Waals surface area contributed by atoms with E-state index in [1.54, 1.807) is 18.2 Å². The number of methoxy groups -OCH3 is 3. The molecular weight excluding hydrogens is 360 g/mol. The molecule has 0 fully saturated rings. The minimum absolute atomic E-state index is 0.0267. The normalized spacial score (nSPS) is 10.6. The molecule has 1 amide bonds. The number of carbonyl (C=O) groups is 1. The highest BCUT2D eigenvalue weighted by Crippen LogP contribution is 2.25. The minimum Gasteiger partial charge on any atom is -0.504 e. The zero-order chi connectivity index (χ0) is 18.9. The molecule has 0 atom stereocenters. The maximum Gasteiger partial charge on any atom is 0.250 e. The first-order valence-electron chi connectivity index (χ1n) is 7.34. The lowest BCUT2D eigenvalue weighted by atomic mass is 10.2. The summed E-state index contributed by atoms with van der Waals surface area (Å²) in [6, 6.07) is 6.25. The molecule has 0 aliphatic rings. The van der Waals surface area contributed by atoms with Gasteiger partial charge in [-0.15, -0.1) is 0 Å². The number of amides is 1. The zero-order valence-electron chi connectivity index (χ0n) is 14.4. The molecule has 26 heavy (non-hydrogen) atoms. The van der Waals surface area contributed by atoms with Gasteiger partial charge in [0, 0.05) is 0 Å². The largest absolute Gasteiger partial charge is 0.504 e. The summed E-state index contributed by atoms with van der Waals surface area (Å²) in [7, 11) is 4.41. The second-order valence-corrected chi connectivity index (χ2v) is 5.69. The number of rotatable bonds is 8. The molecule has 2 rings (SSSR count). The van der Waals surface area contributed by atoms with Gasteiger partial charge in [-0.3, -0.25) is 4.79 Å². The Balaban J connectivity index is 1.89. The summed E-state index contributed by atoms with van der Waals surface area (Å²) in [6.07, 6.45) is 1.44. The van der Waals surface area contributed by atoms with Crippen LogP contribution in [0.4, 0.5) is 0 Å². The van der Waals surface area contributed by atoms with Gasteiger partial charge in [0.15, 0.2) is 16.7 Å². The van der Waals surface area contributed by atoms with E-state index in [1.807, 2.05) is 0 Å². The van der Waals surface area contributed by atoms with E-state index >= 15 is 0 Å². The van der Waals surface area contributed by atoms with Crippen molar-refractivity contribution in [1.82, 2.24) is 15.4 Å². The molecule has 0 bridgehead atoms. The smallest absolute Gasteiger partial charge is 0.250 e. The van der Waals surface area contributed by atoms with Gasteiger partial charge in [0.05, 0.1) is 39.4 Å². The van der Waals surface area contributed by atoms with Crippen LogP contribution in [0.25, 0.3) is 0 Å². The van der Waals surface area contributed by atoms with Crippen molar-refractivity contribution in [3.05, 3.63) is 29.8 Å². The number of nitrogens with one attached hydrogen (secondary N) is 1. The number of aromatic nitrogens is 2. The summed E-state index contributed by atoms with van der Waals surface area (Å²) in [5, 5.41) is 13.7. The van der Waals surface area contributed by atoms with Crippen molar-refractivity contribution in [3.63, 3.8) is 0 Å². The summed E-state index contributed by atoms with van der Waals surface area (Å²) in [5.74, 6) is 0.770. The zero-order valence-corrected chi connectivity index (χ0v) is 15.2. The van der Waals surface area contributed by atoms with E-state index in [0.29, 0.717) is 28.2 Å². The first-order valence-corrected chi connectivity index (χ1v) is 8.33. The molecule has 138 valence electrons.